The van der Waals surface area contributed by atoms with Gasteiger partial charge < -0.3 is 15.0 Å². The minimum atomic E-state index is 0.674. The lowest BCUT2D eigenvalue weighted by Gasteiger charge is -2.20. The normalized spacial score (nSPS) is 22.5. The van der Waals surface area contributed by atoms with E-state index in [-0.39, 0.29) is 0 Å². The van der Waals surface area contributed by atoms with Crippen molar-refractivity contribution in [1.82, 2.24) is 10.2 Å². The lowest BCUT2D eigenvalue weighted by Crippen LogP contribution is -2.35. The third-order valence-electron chi connectivity index (χ3n) is 4.19. The van der Waals surface area contributed by atoms with Crippen LogP contribution in [0, 0.1) is 0 Å². The van der Waals surface area contributed by atoms with E-state index in [4.69, 9.17) is 16.3 Å². The molecule has 0 aliphatic carbocycles. The predicted octanol–water partition coefficient (Wildman–Crippen LogP) is 2.46. The molecule has 0 spiro atoms. The van der Waals surface area contributed by atoms with E-state index in [0.29, 0.717) is 6.04 Å². The summed E-state index contributed by atoms with van der Waals surface area (Å²) in [6, 6.07) is 4.73. The Hall–Kier alpha value is -0.770. The zero-order valence-corrected chi connectivity index (χ0v) is 12.2. The average molecular weight is 281 g/mol. The molecule has 1 N–H and O–H groups in total. The zero-order valence-electron chi connectivity index (χ0n) is 11.4. The topological polar surface area (TPSA) is 24.5 Å². The molecule has 3 nitrogen and oxygen atoms in total. The van der Waals surface area contributed by atoms with E-state index in [2.05, 4.69) is 17.3 Å². The number of halogens is 1. The van der Waals surface area contributed by atoms with Crippen molar-refractivity contribution in [1.29, 1.82) is 0 Å². The van der Waals surface area contributed by atoms with E-state index >= 15 is 0 Å². The molecule has 0 radical (unpaired) electrons. The number of likely N-dealkylation sites (N-methyl/N-ethyl adjacent to an activating group) is 1. The molecule has 4 heteroatoms. The van der Waals surface area contributed by atoms with Crippen molar-refractivity contribution in [3.8, 4) is 5.75 Å². The van der Waals surface area contributed by atoms with Crippen LogP contribution < -0.4 is 10.1 Å². The van der Waals surface area contributed by atoms with E-state index < -0.39 is 0 Å². The Morgan fingerprint density at radius 1 is 1.47 bits per heavy atom. The van der Waals surface area contributed by atoms with Gasteiger partial charge in [-0.3, -0.25) is 0 Å². The Morgan fingerprint density at radius 3 is 3.16 bits per heavy atom. The summed E-state index contributed by atoms with van der Waals surface area (Å²) >= 11 is 6.17. The summed E-state index contributed by atoms with van der Waals surface area (Å²) in [6.45, 7) is 3.89. The van der Waals surface area contributed by atoms with Gasteiger partial charge in [-0.1, -0.05) is 11.6 Å². The molecule has 2 aliphatic heterocycles. The van der Waals surface area contributed by atoms with E-state index in [9.17, 15) is 0 Å². The highest BCUT2D eigenvalue weighted by atomic mass is 35.5. The van der Waals surface area contributed by atoms with Crippen molar-refractivity contribution < 1.29 is 4.74 Å². The second-order valence-electron chi connectivity index (χ2n) is 5.56. The van der Waals surface area contributed by atoms with Gasteiger partial charge in [0.2, 0.25) is 0 Å². The molecule has 1 atom stereocenters. The fraction of sp³-hybridized carbons (Fsp3) is 0.600. The summed E-state index contributed by atoms with van der Waals surface area (Å²) in [5.74, 6) is 1.05. The standard InChI is InChI=1S/C15H21ClN2O/c1-18-5-2-3-14(18)10-17-9-12-8-13(16)7-11-4-6-19-15(11)12/h7-8,14,17H,2-6,9-10H2,1H3. The number of hydrogen-bond donors (Lipinski definition) is 1. The highest BCUT2D eigenvalue weighted by Gasteiger charge is 2.21. The smallest absolute Gasteiger partial charge is 0.127 e. The minimum Gasteiger partial charge on any atom is -0.493 e. The monoisotopic (exact) mass is 280 g/mol. The van der Waals surface area contributed by atoms with Gasteiger partial charge in [0, 0.05) is 36.1 Å². The van der Waals surface area contributed by atoms with Crippen molar-refractivity contribution in [3.63, 3.8) is 0 Å². The summed E-state index contributed by atoms with van der Waals surface area (Å²) in [7, 11) is 2.21. The molecule has 1 unspecified atom stereocenters. The first-order valence-corrected chi connectivity index (χ1v) is 7.47. The highest BCUT2D eigenvalue weighted by Crippen LogP contribution is 2.32. The maximum Gasteiger partial charge on any atom is 0.127 e. The second kappa shape index (κ2) is 5.70. The molecule has 1 saturated heterocycles. The number of benzene rings is 1. The van der Waals surface area contributed by atoms with Gasteiger partial charge in [0.1, 0.15) is 5.75 Å². The van der Waals surface area contributed by atoms with Crippen molar-refractivity contribution in [2.45, 2.75) is 31.8 Å². The molecule has 19 heavy (non-hydrogen) atoms. The van der Waals surface area contributed by atoms with Gasteiger partial charge in [-0.2, -0.15) is 0 Å². The maximum absolute atomic E-state index is 6.17. The number of rotatable bonds is 4. The van der Waals surface area contributed by atoms with E-state index in [1.165, 1.54) is 30.5 Å². The van der Waals surface area contributed by atoms with E-state index in [1.807, 2.05) is 12.1 Å². The molecule has 1 fully saturated rings. The lowest BCUT2D eigenvalue weighted by atomic mass is 10.1. The molecule has 3 rings (SSSR count). The molecule has 0 aromatic heterocycles. The molecule has 0 amide bonds. The largest absolute Gasteiger partial charge is 0.493 e. The minimum absolute atomic E-state index is 0.674. The number of hydrogen-bond acceptors (Lipinski definition) is 3. The summed E-state index contributed by atoms with van der Waals surface area (Å²) in [4.78, 5) is 2.44. The number of nitrogens with one attached hydrogen (secondary N) is 1. The van der Waals surface area contributed by atoms with Crippen LogP contribution in [0.15, 0.2) is 12.1 Å². The van der Waals surface area contributed by atoms with Crippen LogP contribution in [0.4, 0.5) is 0 Å². The molecule has 104 valence electrons. The summed E-state index contributed by atoms with van der Waals surface area (Å²) < 4.78 is 5.72. The number of ether oxygens (including phenoxy) is 1. The number of fused-ring (bicyclic) bond motifs is 1. The Kier molecular flexibility index (Phi) is 3.96. The van der Waals surface area contributed by atoms with Crippen LogP contribution in [0.1, 0.15) is 24.0 Å². The van der Waals surface area contributed by atoms with Gasteiger partial charge in [0.15, 0.2) is 0 Å². The Bertz CT molecular complexity index is 464. The third-order valence-corrected chi connectivity index (χ3v) is 4.41. The number of likely N-dealkylation sites (tertiary alicyclic amines) is 1. The van der Waals surface area contributed by atoms with Gasteiger partial charge in [0.25, 0.3) is 0 Å². The molecular weight excluding hydrogens is 260 g/mol. The van der Waals surface area contributed by atoms with Crippen LogP contribution in [0.2, 0.25) is 5.02 Å². The van der Waals surface area contributed by atoms with Crippen molar-refractivity contribution in [3.05, 3.63) is 28.3 Å². The van der Waals surface area contributed by atoms with Gasteiger partial charge in [-0.15, -0.1) is 0 Å². The molecule has 1 aromatic carbocycles. The molecule has 1 aromatic rings. The molecule has 0 bridgehead atoms. The van der Waals surface area contributed by atoms with Crippen LogP contribution in [-0.4, -0.2) is 37.7 Å². The van der Waals surface area contributed by atoms with Crippen LogP contribution in [0.25, 0.3) is 0 Å². The predicted molar refractivity (Wildman–Crippen MR) is 78.0 cm³/mol. The lowest BCUT2D eigenvalue weighted by molar-refractivity contribution is 0.299. The van der Waals surface area contributed by atoms with Gasteiger partial charge >= 0.3 is 0 Å². The van der Waals surface area contributed by atoms with Crippen LogP contribution in [-0.2, 0) is 13.0 Å². The maximum atomic E-state index is 6.17. The highest BCUT2D eigenvalue weighted by molar-refractivity contribution is 6.30. The first-order chi connectivity index (χ1) is 9.24. The Morgan fingerprint density at radius 2 is 2.37 bits per heavy atom. The quantitative estimate of drug-likeness (QED) is 0.917. The van der Waals surface area contributed by atoms with Gasteiger partial charge in [0.05, 0.1) is 6.61 Å². The SMILES string of the molecule is CN1CCCC1CNCc1cc(Cl)cc2c1OCC2. The third kappa shape index (κ3) is 2.88. The number of nitrogens with zero attached hydrogens (tertiary/aromatic N) is 1. The molecule has 2 aliphatic rings. The summed E-state index contributed by atoms with van der Waals surface area (Å²) in [5, 5.41) is 4.37. The first kappa shape index (κ1) is 13.2. The van der Waals surface area contributed by atoms with Gasteiger partial charge in [-0.25, -0.2) is 0 Å². The first-order valence-electron chi connectivity index (χ1n) is 7.09. The summed E-state index contributed by atoms with van der Waals surface area (Å²) in [6.07, 6.45) is 3.60. The molecule has 0 saturated carbocycles. The molecule has 2 heterocycles. The second-order valence-corrected chi connectivity index (χ2v) is 6.00. The zero-order chi connectivity index (χ0) is 13.2. The fourth-order valence-corrected chi connectivity index (χ4v) is 3.35. The van der Waals surface area contributed by atoms with Crippen molar-refractivity contribution in [2.75, 3.05) is 26.7 Å². The van der Waals surface area contributed by atoms with E-state index in [0.717, 1.165) is 36.9 Å². The fourth-order valence-electron chi connectivity index (χ4n) is 3.09. The summed E-state index contributed by atoms with van der Waals surface area (Å²) in [5.41, 5.74) is 2.45. The van der Waals surface area contributed by atoms with Crippen molar-refractivity contribution >= 4 is 11.6 Å². The van der Waals surface area contributed by atoms with Crippen LogP contribution >= 0.6 is 11.6 Å². The van der Waals surface area contributed by atoms with E-state index in [1.54, 1.807) is 0 Å². The Labute approximate surface area is 119 Å². The van der Waals surface area contributed by atoms with Gasteiger partial charge in [-0.05, 0) is 44.1 Å². The van der Waals surface area contributed by atoms with Crippen LogP contribution in [0.3, 0.4) is 0 Å². The molecular formula is C15H21ClN2O. The average Bonchev–Trinajstić information content (AvgIpc) is 2.98. The Balaban J connectivity index is 1.61. The van der Waals surface area contributed by atoms with Crippen molar-refractivity contribution in [2.24, 2.45) is 0 Å². The van der Waals surface area contributed by atoms with Crippen LogP contribution in [0.5, 0.6) is 5.75 Å².